The second kappa shape index (κ2) is 7.15. The minimum Gasteiger partial charge on any atom is -0.368 e. The maximum Gasteiger partial charge on any atom is 0.227 e. The van der Waals surface area contributed by atoms with Crippen molar-refractivity contribution in [3.63, 3.8) is 0 Å². The number of nitrogen functional groups attached to an aromatic ring is 1. The molecule has 2 aromatic rings. The van der Waals surface area contributed by atoms with Crippen LogP contribution in [-0.2, 0) is 11.2 Å². The van der Waals surface area contributed by atoms with E-state index in [4.69, 9.17) is 17.3 Å². The molecule has 1 saturated heterocycles. The van der Waals surface area contributed by atoms with Crippen molar-refractivity contribution in [2.75, 3.05) is 39.0 Å². The first-order valence-electron chi connectivity index (χ1n) is 7.86. The molecule has 0 atom stereocenters. The average Bonchev–Trinajstić information content (AvgIpc) is 2.58. The minimum atomic E-state index is 0.167. The molecule has 0 aliphatic carbocycles. The van der Waals surface area contributed by atoms with Gasteiger partial charge in [-0.15, -0.1) is 0 Å². The summed E-state index contributed by atoms with van der Waals surface area (Å²) in [6, 6.07) is 7.66. The summed E-state index contributed by atoms with van der Waals surface area (Å²) in [7, 11) is 2.07. The predicted molar refractivity (Wildman–Crippen MR) is 94.7 cm³/mol. The number of carbonyl (C=O) groups is 1. The molecular formula is C17H20ClN5O. The van der Waals surface area contributed by atoms with E-state index in [1.54, 1.807) is 0 Å². The lowest BCUT2D eigenvalue weighted by Crippen LogP contribution is -2.47. The molecule has 0 spiro atoms. The van der Waals surface area contributed by atoms with Gasteiger partial charge in [-0.25, -0.2) is 9.97 Å². The van der Waals surface area contributed by atoms with Crippen molar-refractivity contribution in [3.05, 3.63) is 41.0 Å². The number of hydrogen-bond acceptors (Lipinski definition) is 5. The summed E-state index contributed by atoms with van der Waals surface area (Å²) in [6.45, 7) is 3.45. The maximum atomic E-state index is 12.4. The highest BCUT2D eigenvalue weighted by Gasteiger charge is 2.19. The number of likely N-dealkylation sites (N-methyl/N-ethyl adjacent to an activating group) is 1. The second-order valence-corrected chi connectivity index (χ2v) is 6.39. The van der Waals surface area contributed by atoms with Crippen molar-refractivity contribution >= 4 is 23.5 Å². The fraction of sp³-hybridized carbons (Fsp3) is 0.353. The van der Waals surface area contributed by atoms with Crippen LogP contribution < -0.4 is 5.73 Å². The van der Waals surface area contributed by atoms with Gasteiger partial charge >= 0.3 is 0 Å². The fourth-order valence-electron chi connectivity index (χ4n) is 2.71. The zero-order chi connectivity index (χ0) is 17.1. The van der Waals surface area contributed by atoms with Crippen LogP contribution in [0.25, 0.3) is 11.3 Å². The van der Waals surface area contributed by atoms with Gasteiger partial charge in [0, 0.05) is 31.7 Å². The van der Waals surface area contributed by atoms with Crippen molar-refractivity contribution in [1.82, 2.24) is 19.8 Å². The Kier molecular flexibility index (Phi) is 4.97. The third-order valence-electron chi connectivity index (χ3n) is 4.20. The number of amides is 1. The van der Waals surface area contributed by atoms with Crippen LogP contribution in [-0.4, -0.2) is 58.9 Å². The topological polar surface area (TPSA) is 75.3 Å². The Hall–Kier alpha value is -2.18. The Morgan fingerprint density at radius 1 is 1.21 bits per heavy atom. The number of halogens is 1. The van der Waals surface area contributed by atoms with E-state index in [1.807, 2.05) is 29.2 Å². The molecule has 1 amide bonds. The fourth-order valence-corrected chi connectivity index (χ4v) is 2.91. The lowest BCUT2D eigenvalue weighted by molar-refractivity contribution is -0.132. The third-order valence-corrected chi connectivity index (χ3v) is 4.48. The highest BCUT2D eigenvalue weighted by Crippen LogP contribution is 2.26. The lowest BCUT2D eigenvalue weighted by Gasteiger charge is -2.32. The van der Waals surface area contributed by atoms with Gasteiger partial charge in [0.15, 0.2) is 0 Å². The van der Waals surface area contributed by atoms with Crippen LogP contribution in [0.2, 0.25) is 5.02 Å². The van der Waals surface area contributed by atoms with Gasteiger partial charge in [0.2, 0.25) is 11.9 Å². The molecule has 0 radical (unpaired) electrons. The first kappa shape index (κ1) is 16.7. The molecule has 0 saturated carbocycles. The van der Waals surface area contributed by atoms with Crippen molar-refractivity contribution in [3.8, 4) is 11.3 Å². The Bertz CT molecular complexity index is 726. The number of anilines is 1. The minimum absolute atomic E-state index is 0.167. The van der Waals surface area contributed by atoms with E-state index >= 15 is 0 Å². The first-order valence-corrected chi connectivity index (χ1v) is 8.24. The van der Waals surface area contributed by atoms with Gasteiger partial charge in [0.05, 0.1) is 23.3 Å². The Labute approximate surface area is 146 Å². The molecule has 0 bridgehead atoms. The molecular weight excluding hydrogens is 326 g/mol. The van der Waals surface area contributed by atoms with Crippen LogP contribution in [0.1, 0.15) is 5.56 Å². The molecule has 1 aliphatic rings. The molecule has 2 N–H and O–H groups in total. The van der Waals surface area contributed by atoms with Crippen molar-refractivity contribution < 1.29 is 4.79 Å². The van der Waals surface area contributed by atoms with Crippen LogP contribution in [0.5, 0.6) is 0 Å². The van der Waals surface area contributed by atoms with E-state index in [0.717, 1.165) is 37.3 Å². The van der Waals surface area contributed by atoms with Crippen molar-refractivity contribution in [1.29, 1.82) is 0 Å². The molecule has 126 valence electrons. The van der Waals surface area contributed by atoms with E-state index in [0.29, 0.717) is 17.1 Å². The molecule has 0 unspecified atom stereocenters. The summed E-state index contributed by atoms with van der Waals surface area (Å²) < 4.78 is 0. The van der Waals surface area contributed by atoms with Gasteiger partial charge < -0.3 is 15.5 Å². The van der Waals surface area contributed by atoms with Gasteiger partial charge in [-0.05, 0) is 12.6 Å². The molecule has 3 rings (SSSR count). The monoisotopic (exact) mass is 345 g/mol. The van der Waals surface area contributed by atoms with Gasteiger partial charge in [-0.3, -0.25) is 4.79 Å². The van der Waals surface area contributed by atoms with Gasteiger partial charge in [-0.2, -0.15) is 0 Å². The second-order valence-electron chi connectivity index (χ2n) is 5.98. The SMILES string of the molecule is CN1CCN(C(=O)Cc2ccc(-c3nc(N)ncc3Cl)cc2)CC1. The predicted octanol–water partition coefficient (Wildman–Crippen LogP) is 1.70. The van der Waals surface area contributed by atoms with E-state index in [9.17, 15) is 4.79 Å². The number of piperazine rings is 1. The largest absolute Gasteiger partial charge is 0.368 e. The number of aromatic nitrogens is 2. The maximum absolute atomic E-state index is 12.4. The number of nitrogens with zero attached hydrogens (tertiary/aromatic N) is 4. The summed E-state index contributed by atoms with van der Waals surface area (Å²) >= 11 is 6.12. The third kappa shape index (κ3) is 3.83. The van der Waals surface area contributed by atoms with Crippen LogP contribution >= 0.6 is 11.6 Å². The number of rotatable bonds is 3. The molecule has 1 fully saturated rings. The number of benzene rings is 1. The zero-order valence-corrected chi connectivity index (χ0v) is 14.3. The summed E-state index contributed by atoms with van der Waals surface area (Å²) in [5.74, 6) is 0.351. The Morgan fingerprint density at radius 2 is 1.88 bits per heavy atom. The molecule has 1 aromatic heterocycles. The molecule has 6 nitrogen and oxygen atoms in total. The van der Waals surface area contributed by atoms with Crippen LogP contribution in [0.4, 0.5) is 5.95 Å². The standard InChI is InChI=1S/C17H20ClN5O/c1-22-6-8-23(9-7-22)15(24)10-12-2-4-13(5-3-12)16-14(18)11-20-17(19)21-16/h2-5,11H,6-10H2,1H3,(H2,19,20,21). The van der Waals surface area contributed by atoms with E-state index in [-0.39, 0.29) is 11.9 Å². The van der Waals surface area contributed by atoms with Crippen LogP contribution in [0.15, 0.2) is 30.5 Å². The molecule has 2 heterocycles. The highest BCUT2D eigenvalue weighted by atomic mass is 35.5. The molecule has 24 heavy (non-hydrogen) atoms. The van der Waals surface area contributed by atoms with E-state index in [1.165, 1.54) is 6.20 Å². The molecule has 1 aromatic carbocycles. The Morgan fingerprint density at radius 3 is 2.54 bits per heavy atom. The number of nitrogens with two attached hydrogens (primary N) is 1. The van der Waals surface area contributed by atoms with Gasteiger partial charge in [0.25, 0.3) is 0 Å². The summed E-state index contributed by atoms with van der Waals surface area (Å²) in [4.78, 5) is 24.6. The first-order chi connectivity index (χ1) is 11.5. The van der Waals surface area contributed by atoms with E-state index in [2.05, 4.69) is 21.9 Å². The smallest absolute Gasteiger partial charge is 0.227 e. The Balaban J connectivity index is 1.68. The summed E-state index contributed by atoms with van der Waals surface area (Å²) in [5, 5.41) is 0.450. The van der Waals surface area contributed by atoms with Crippen molar-refractivity contribution in [2.45, 2.75) is 6.42 Å². The number of carbonyl (C=O) groups excluding carboxylic acids is 1. The van der Waals surface area contributed by atoms with Crippen LogP contribution in [0, 0.1) is 0 Å². The number of hydrogen-bond donors (Lipinski definition) is 1. The van der Waals surface area contributed by atoms with Crippen LogP contribution in [0.3, 0.4) is 0 Å². The van der Waals surface area contributed by atoms with Gasteiger partial charge in [-0.1, -0.05) is 35.9 Å². The highest BCUT2D eigenvalue weighted by molar-refractivity contribution is 6.32. The molecule has 1 aliphatic heterocycles. The summed E-state index contributed by atoms with van der Waals surface area (Å²) in [5.41, 5.74) is 8.04. The normalized spacial score (nSPS) is 15.5. The van der Waals surface area contributed by atoms with Gasteiger partial charge in [0.1, 0.15) is 0 Å². The lowest BCUT2D eigenvalue weighted by atomic mass is 10.1. The summed E-state index contributed by atoms with van der Waals surface area (Å²) in [6.07, 6.45) is 1.90. The average molecular weight is 346 g/mol. The zero-order valence-electron chi connectivity index (χ0n) is 13.6. The van der Waals surface area contributed by atoms with Crippen molar-refractivity contribution in [2.24, 2.45) is 0 Å². The van der Waals surface area contributed by atoms with E-state index < -0.39 is 0 Å². The quantitative estimate of drug-likeness (QED) is 0.916. The molecule has 7 heteroatoms.